The molecule has 0 atom stereocenters. The number of sulfonamides is 1. The lowest BCUT2D eigenvalue weighted by atomic mass is 10.1. The summed E-state index contributed by atoms with van der Waals surface area (Å²) in [7, 11) is -1.93. The molecule has 0 aliphatic heterocycles. The number of nitrogens with one attached hydrogen (secondary N) is 1. The molecule has 0 aliphatic carbocycles. The Labute approximate surface area is 154 Å². The van der Waals surface area contributed by atoms with Gasteiger partial charge in [-0.2, -0.15) is 4.31 Å². The molecule has 0 radical (unpaired) electrons. The molecular weight excluding hydrogens is 352 g/mol. The van der Waals surface area contributed by atoms with Crippen LogP contribution in [0.5, 0.6) is 5.75 Å². The zero-order valence-corrected chi connectivity index (χ0v) is 16.3. The molecule has 0 unspecified atom stereocenters. The molecule has 0 heterocycles. The lowest BCUT2D eigenvalue weighted by Crippen LogP contribution is -2.30. The molecule has 0 aromatic heterocycles. The Bertz CT molecular complexity index is 873. The second-order valence-corrected chi connectivity index (χ2v) is 7.69. The van der Waals surface area contributed by atoms with Gasteiger partial charge in [-0.05, 0) is 55.0 Å². The van der Waals surface area contributed by atoms with Crippen molar-refractivity contribution >= 4 is 21.6 Å². The maximum Gasteiger partial charge on any atom is 0.255 e. The van der Waals surface area contributed by atoms with Gasteiger partial charge >= 0.3 is 0 Å². The molecule has 6 nitrogen and oxygen atoms in total. The van der Waals surface area contributed by atoms with Gasteiger partial charge in [0.15, 0.2) is 0 Å². The summed E-state index contributed by atoms with van der Waals surface area (Å²) >= 11 is 0. The highest BCUT2D eigenvalue weighted by atomic mass is 32.2. The zero-order chi connectivity index (χ0) is 19.3. The van der Waals surface area contributed by atoms with Crippen LogP contribution in [0.2, 0.25) is 0 Å². The lowest BCUT2D eigenvalue weighted by molar-refractivity contribution is 0.102. The van der Waals surface area contributed by atoms with Crippen LogP contribution >= 0.6 is 0 Å². The monoisotopic (exact) mass is 376 g/mol. The number of ether oxygens (including phenoxy) is 1. The maximum absolute atomic E-state index is 12.5. The number of hydrogen-bond donors (Lipinski definition) is 1. The summed E-state index contributed by atoms with van der Waals surface area (Å²) in [5.41, 5.74) is 1.89. The predicted octanol–water partition coefficient (Wildman–Crippen LogP) is 3.29. The van der Waals surface area contributed by atoms with Crippen LogP contribution in [0.4, 0.5) is 5.69 Å². The van der Waals surface area contributed by atoms with Gasteiger partial charge in [0, 0.05) is 24.3 Å². The molecule has 0 bridgehead atoms. The third-order valence-electron chi connectivity index (χ3n) is 4.11. The number of benzene rings is 2. The fraction of sp³-hybridized carbons (Fsp3) is 0.316. The van der Waals surface area contributed by atoms with Crippen molar-refractivity contribution in [3.8, 4) is 5.75 Å². The minimum Gasteiger partial charge on any atom is -0.496 e. The van der Waals surface area contributed by atoms with Crippen molar-refractivity contribution in [2.45, 2.75) is 25.7 Å². The molecule has 26 heavy (non-hydrogen) atoms. The van der Waals surface area contributed by atoms with Gasteiger partial charge in [0.25, 0.3) is 5.91 Å². The third-order valence-corrected chi connectivity index (χ3v) is 6.18. The van der Waals surface area contributed by atoms with Gasteiger partial charge in [-0.25, -0.2) is 8.42 Å². The molecule has 0 saturated carbocycles. The van der Waals surface area contributed by atoms with E-state index < -0.39 is 10.0 Å². The number of nitrogens with zero attached hydrogens (tertiary/aromatic N) is 1. The molecule has 0 spiro atoms. The number of methoxy groups -OCH3 is 1. The summed E-state index contributed by atoms with van der Waals surface area (Å²) in [5.74, 6) is 0.447. The topological polar surface area (TPSA) is 75.7 Å². The van der Waals surface area contributed by atoms with E-state index in [1.165, 1.54) is 16.4 Å². The van der Waals surface area contributed by atoms with E-state index in [4.69, 9.17) is 4.74 Å². The summed E-state index contributed by atoms with van der Waals surface area (Å²) in [6.45, 7) is 6.28. The van der Waals surface area contributed by atoms with Gasteiger partial charge in [0.1, 0.15) is 5.75 Å². The standard InChI is InChI=1S/C19H24N2O4S/c1-5-21(6-2)26(23,24)17-10-8-16(9-11-17)20-19(22)15-7-12-18(25-4)14(3)13-15/h7-13H,5-6H2,1-4H3,(H,20,22). The Kier molecular flexibility index (Phi) is 6.39. The number of anilines is 1. The Hall–Kier alpha value is -2.38. The highest BCUT2D eigenvalue weighted by Gasteiger charge is 2.21. The first-order chi connectivity index (χ1) is 12.3. The summed E-state index contributed by atoms with van der Waals surface area (Å²) < 4.78 is 31.5. The minimum absolute atomic E-state index is 0.208. The van der Waals surface area contributed by atoms with E-state index in [0.717, 1.165) is 5.56 Å². The number of amides is 1. The van der Waals surface area contributed by atoms with E-state index in [1.54, 1.807) is 51.3 Å². The Morgan fingerprint density at radius 1 is 1.08 bits per heavy atom. The van der Waals surface area contributed by atoms with Gasteiger partial charge in [-0.1, -0.05) is 13.8 Å². The number of carbonyl (C=O) groups is 1. The van der Waals surface area contributed by atoms with E-state index in [0.29, 0.717) is 30.1 Å². The fourth-order valence-electron chi connectivity index (χ4n) is 2.65. The summed E-state index contributed by atoms with van der Waals surface area (Å²) in [4.78, 5) is 12.6. The summed E-state index contributed by atoms with van der Waals surface area (Å²) in [6, 6.07) is 11.3. The van der Waals surface area contributed by atoms with Crippen LogP contribution in [-0.2, 0) is 10.0 Å². The van der Waals surface area contributed by atoms with Crippen LogP contribution in [0.15, 0.2) is 47.4 Å². The van der Waals surface area contributed by atoms with Gasteiger partial charge in [-0.15, -0.1) is 0 Å². The van der Waals surface area contributed by atoms with Gasteiger partial charge < -0.3 is 10.1 Å². The number of rotatable bonds is 7. The van der Waals surface area contributed by atoms with Crippen LogP contribution in [0.25, 0.3) is 0 Å². The third kappa shape index (κ3) is 4.23. The van der Waals surface area contributed by atoms with Crippen molar-refractivity contribution in [2.75, 3.05) is 25.5 Å². The molecular formula is C19H24N2O4S. The first-order valence-electron chi connectivity index (χ1n) is 8.39. The lowest BCUT2D eigenvalue weighted by Gasteiger charge is -2.18. The van der Waals surface area contributed by atoms with E-state index in [-0.39, 0.29) is 10.8 Å². The molecule has 1 amide bonds. The van der Waals surface area contributed by atoms with Crippen molar-refractivity contribution in [2.24, 2.45) is 0 Å². The van der Waals surface area contributed by atoms with Crippen LogP contribution in [-0.4, -0.2) is 38.8 Å². The average molecular weight is 376 g/mol. The molecule has 140 valence electrons. The van der Waals surface area contributed by atoms with E-state index in [1.807, 2.05) is 6.92 Å². The SMILES string of the molecule is CCN(CC)S(=O)(=O)c1ccc(NC(=O)c2ccc(OC)c(C)c2)cc1. The van der Waals surface area contributed by atoms with Crippen molar-refractivity contribution < 1.29 is 17.9 Å². The normalized spacial score (nSPS) is 11.4. The number of aryl methyl sites for hydroxylation is 1. The van der Waals surface area contributed by atoms with Crippen LogP contribution in [0.1, 0.15) is 29.8 Å². The van der Waals surface area contributed by atoms with E-state index >= 15 is 0 Å². The Morgan fingerprint density at radius 3 is 2.19 bits per heavy atom. The predicted molar refractivity (Wildman–Crippen MR) is 102 cm³/mol. The van der Waals surface area contributed by atoms with Crippen molar-refractivity contribution in [3.63, 3.8) is 0 Å². The first-order valence-corrected chi connectivity index (χ1v) is 9.83. The van der Waals surface area contributed by atoms with Crippen molar-refractivity contribution in [3.05, 3.63) is 53.6 Å². The minimum atomic E-state index is -3.51. The summed E-state index contributed by atoms with van der Waals surface area (Å²) in [6.07, 6.45) is 0. The van der Waals surface area contributed by atoms with E-state index in [2.05, 4.69) is 5.32 Å². The van der Waals surface area contributed by atoms with Crippen molar-refractivity contribution in [1.29, 1.82) is 0 Å². The Morgan fingerprint density at radius 2 is 1.69 bits per heavy atom. The molecule has 1 N–H and O–H groups in total. The largest absolute Gasteiger partial charge is 0.496 e. The van der Waals surface area contributed by atoms with E-state index in [9.17, 15) is 13.2 Å². The van der Waals surface area contributed by atoms with Gasteiger partial charge in [0.05, 0.1) is 12.0 Å². The quantitative estimate of drug-likeness (QED) is 0.805. The average Bonchev–Trinajstić information content (AvgIpc) is 2.62. The summed E-state index contributed by atoms with van der Waals surface area (Å²) in [5, 5.41) is 2.77. The van der Waals surface area contributed by atoms with Crippen LogP contribution in [0, 0.1) is 6.92 Å². The number of carbonyl (C=O) groups excluding carboxylic acids is 1. The van der Waals surface area contributed by atoms with Crippen LogP contribution < -0.4 is 10.1 Å². The second kappa shape index (κ2) is 8.33. The maximum atomic E-state index is 12.5. The Balaban J connectivity index is 2.16. The van der Waals surface area contributed by atoms with Gasteiger partial charge in [0.2, 0.25) is 10.0 Å². The molecule has 0 aliphatic rings. The molecule has 0 saturated heterocycles. The molecule has 0 fully saturated rings. The highest BCUT2D eigenvalue weighted by molar-refractivity contribution is 7.89. The zero-order valence-electron chi connectivity index (χ0n) is 15.4. The van der Waals surface area contributed by atoms with Crippen LogP contribution in [0.3, 0.4) is 0 Å². The fourth-order valence-corrected chi connectivity index (χ4v) is 4.10. The second-order valence-electron chi connectivity index (χ2n) is 5.75. The van der Waals surface area contributed by atoms with Gasteiger partial charge in [-0.3, -0.25) is 4.79 Å². The molecule has 7 heteroatoms. The molecule has 2 rings (SSSR count). The number of hydrogen-bond acceptors (Lipinski definition) is 4. The highest BCUT2D eigenvalue weighted by Crippen LogP contribution is 2.21. The first kappa shape index (κ1) is 19.9. The molecule has 2 aromatic carbocycles. The van der Waals surface area contributed by atoms with Crippen molar-refractivity contribution in [1.82, 2.24) is 4.31 Å². The smallest absolute Gasteiger partial charge is 0.255 e. The molecule has 2 aromatic rings.